The van der Waals surface area contributed by atoms with Crippen molar-refractivity contribution in [2.24, 2.45) is 14.1 Å². The van der Waals surface area contributed by atoms with E-state index in [1.54, 1.807) is 47.5 Å². The van der Waals surface area contributed by atoms with Gasteiger partial charge in [-0.15, -0.1) is 0 Å². The molecule has 0 aliphatic carbocycles. The van der Waals surface area contributed by atoms with Crippen LogP contribution in [0.4, 0.5) is 0 Å². The lowest BCUT2D eigenvalue weighted by Crippen LogP contribution is -2.33. The van der Waals surface area contributed by atoms with E-state index in [0.717, 1.165) is 98.0 Å². The van der Waals surface area contributed by atoms with Crippen molar-refractivity contribution in [3.8, 4) is 11.5 Å². The topological polar surface area (TPSA) is 106 Å². The number of rotatable bonds is 5. The van der Waals surface area contributed by atoms with Gasteiger partial charge in [-0.05, 0) is 74.9 Å². The minimum atomic E-state index is -0.0681. The van der Waals surface area contributed by atoms with Gasteiger partial charge in [0.05, 0.1) is 34.2 Å². The summed E-state index contributed by atoms with van der Waals surface area (Å²) in [4.78, 5) is 50.2. The molecule has 0 amide bonds. The lowest BCUT2D eigenvalue weighted by molar-refractivity contribution is 0.224. The summed E-state index contributed by atoms with van der Waals surface area (Å²) in [5.74, 6) is 1.32. The van der Waals surface area contributed by atoms with E-state index in [2.05, 4.69) is 26.0 Å². The van der Waals surface area contributed by atoms with Gasteiger partial charge in [0.1, 0.15) is 13.2 Å². The number of hydrogen-bond donors (Lipinski definition) is 0. The predicted octanol–water partition coefficient (Wildman–Crippen LogP) is 6.80. The summed E-state index contributed by atoms with van der Waals surface area (Å²) in [5.41, 5.74) is 6.81. The monoisotopic (exact) mass is 690 g/mol. The molecule has 6 heterocycles. The Kier molecular flexibility index (Phi) is 8.68. The van der Waals surface area contributed by atoms with Crippen molar-refractivity contribution in [1.29, 1.82) is 0 Å². The van der Waals surface area contributed by atoms with Gasteiger partial charge in [0, 0.05) is 59.9 Å². The second-order valence-electron chi connectivity index (χ2n) is 14.4. The zero-order valence-electron chi connectivity index (χ0n) is 30.8. The highest BCUT2D eigenvalue weighted by molar-refractivity contribution is 6.06. The lowest BCUT2D eigenvalue weighted by Gasteiger charge is -2.30. The molecule has 2 unspecified atom stereocenters. The SMILES string of the molecule is CCCC1COc2c3c(cc4c(C)cc(=O)n1c24)c(C)cc(=O)n3C.CCCCC1COc2c3c(cc4c(C)cc(=O)n1c24)c(C)cc(=O)n3C. The number of fused-ring (bicyclic) bond motifs is 4. The number of aryl methyl sites for hydroxylation is 6. The normalized spacial score (nSPS) is 16.3. The summed E-state index contributed by atoms with van der Waals surface area (Å²) in [6, 6.07) is 11.0. The van der Waals surface area contributed by atoms with Crippen LogP contribution < -0.4 is 31.7 Å². The Morgan fingerprint density at radius 1 is 0.529 bits per heavy atom. The summed E-state index contributed by atoms with van der Waals surface area (Å²) in [5, 5.41) is 4.03. The number of benzene rings is 2. The van der Waals surface area contributed by atoms with Crippen LogP contribution in [0.3, 0.4) is 0 Å². The van der Waals surface area contributed by atoms with E-state index in [1.807, 2.05) is 36.8 Å². The zero-order chi connectivity index (χ0) is 36.5. The highest BCUT2D eigenvalue weighted by Crippen LogP contribution is 2.42. The minimum Gasteiger partial charge on any atom is -0.487 e. The largest absolute Gasteiger partial charge is 0.487 e. The molecule has 10 nitrogen and oxygen atoms in total. The molecule has 2 aliphatic heterocycles. The quantitative estimate of drug-likeness (QED) is 0.184. The maximum absolute atomic E-state index is 12.8. The fourth-order valence-electron chi connectivity index (χ4n) is 8.15. The number of pyridine rings is 4. The average molecular weight is 691 g/mol. The van der Waals surface area contributed by atoms with Gasteiger partial charge in [-0.2, -0.15) is 0 Å². The first-order chi connectivity index (χ1) is 24.4. The summed E-state index contributed by atoms with van der Waals surface area (Å²) in [6.45, 7) is 13.0. The molecule has 2 aliphatic rings. The first-order valence-electron chi connectivity index (χ1n) is 18.0. The van der Waals surface area contributed by atoms with Crippen LogP contribution in [0.1, 0.15) is 80.3 Å². The summed E-state index contributed by atoms with van der Waals surface area (Å²) in [7, 11) is 3.52. The standard InChI is InChI=1S/C21H24N2O3.C20H22N2O3/c1-5-6-7-14-11-26-21-19-15(12(2)8-17(24)22(19)4)10-16-13(3)9-18(25)23(14)20(16)21;1-5-6-13-10-25-20-18-14(11(2)7-16(23)21(18)4)9-15-12(3)8-17(24)22(13)19(15)20/h8-10,14H,5-7,11H2,1-4H3;7-9,13H,5-6,10H2,1-4H3. The molecule has 2 atom stereocenters. The molecule has 266 valence electrons. The van der Waals surface area contributed by atoms with Gasteiger partial charge in [0.25, 0.3) is 22.2 Å². The van der Waals surface area contributed by atoms with Crippen LogP contribution in [0.2, 0.25) is 0 Å². The van der Waals surface area contributed by atoms with E-state index < -0.39 is 0 Å². The molecule has 0 bridgehead atoms. The lowest BCUT2D eigenvalue weighted by atomic mass is 9.99. The van der Waals surface area contributed by atoms with Gasteiger partial charge in [-0.25, -0.2) is 0 Å². The van der Waals surface area contributed by atoms with Crippen LogP contribution in [0, 0.1) is 27.7 Å². The molecular weight excluding hydrogens is 644 g/mol. The van der Waals surface area contributed by atoms with Crippen molar-refractivity contribution < 1.29 is 9.47 Å². The highest BCUT2D eigenvalue weighted by atomic mass is 16.5. The third kappa shape index (κ3) is 5.38. The molecule has 4 aromatic heterocycles. The maximum atomic E-state index is 12.8. The van der Waals surface area contributed by atoms with Crippen molar-refractivity contribution in [3.63, 3.8) is 0 Å². The maximum Gasteiger partial charge on any atom is 0.251 e. The third-order valence-electron chi connectivity index (χ3n) is 10.9. The highest BCUT2D eigenvalue weighted by Gasteiger charge is 2.29. The Morgan fingerprint density at radius 3 is 1.29 bits per heavy atom. The Hall–Kier alpha value is -5.12. The Morgan fingerprint density at radius 2 is 0.902 bits per heavy atom. The van der Waals surface area contributed by atoms with Crippen molar-refractivity contribution in [2.45, 2.75) is 85.7 Å². The smallest absolute Gasteiger partial charge is 0.251 e. The second kappa shape index (κ2) is 12.9. The van der Waals surface area contributed by atoms with Gasteiger partial charge in [0.15, 0.2) is 11.5 Å². The molecule has 8 rings (SSSR count). The average Bonchev–Trinajstić information content (AvgIpc) is 3.09. The summed E-state index contributed by atoms with van der Waals surface area (Å²) >= 11 is 0. The molecule has 0 saturated carbocycles. The van der Waals surface area contributed by atoms with E-state index in [4.69, 9.17) is 9.47 Å². The van der Waals surface area contributed by atoms with Gasteiger partial charge >= 0.3 is 0 Å². The molecule has 0 fully saturated rings. The fourth-order valence-corrected chi connectivity index (χ4v) is 8.15. The second-order valence-corrected chi connectivity index (χ2v) is 14.4. The van der Waals surface area contributed by atoms with E-state index in [9.17, 15) is 19.2 Å². The third-order valence-corrected chi connectivity index (χ3v) is 10.9. The predicted molar refractivity (Wildman–Crippen MR) is 204 cm³/mol. The number of nitrogens with zero attached hydrogens (tertiary/aromatic N) is 4. The Bertz CT molecular complexity index is 2660. The van der Waals surface area contributed by atoms with Crippen molar-refractivity contribution in [2.75, 3.05) is 13.2 Å². The van der Waals surface area contributed by atoms with Crippen LogP contribution in [0.15, 0.2) is 55.6 Å². The number of unbranched alkanes of at least 4 members (excludes halogenated alkanes) is 1. The Labute approximate surface area is 295 Å². The molecule has 0 spiro atoms. The molecule has 10 heteroatoms. The van der Waals surface area contributed by atoms with Gasteiger partial charge in [-0.3, -0.25) is 28.3 Å². The molecule has 0 N–H and O–H groups in total. The van der Waals surface area contributed by atoms with Gasteiger partial charge in [0.2, 0.25) is 0 Å². The number of hydrogen-bond acceptors (Lipinski definition) is 6. The van der Waals surface area contributed by atoms with E-state index in [-0.39, 0.29) is 34.3 Å². The van der Waals surface area contributed by atoms with Crippen LogP contribution in [0.5, 0.6) is 11.5 Å². The molecular formula is C41H46N4O6. The molecule has 0 saturated heterocycles. The van der Waals surface area contributed by atoms with Crippen molar-refractivity contribution >= 4 is 43.6 Å². The molecule has 0 radical (unpaired) electrons. The molecule has 2 aromatic carbocycles. The summed E-state index contributed by atoms with van der Waals surface area (Å²) in [6.07, 6.45) is 4.92. The van der Waals surface area contributed by atoms with E-state index in [0.29, 0.717) is 24.7 Å². The minimum absolute atomic E-state index is 0.00463. The molecule has 51 heavy (non-hydrogen) atoms. The summed E-state index contributed by atoms with van der Waals surface area (Å²) < 4.78 is 19.4. The molecule has 6 aromatic rings. The van der Waals surface area contributed by atoms with Gasteiger partial charge in [-0.1, -0.05) is 33.1 Å². The van der Waals surface area contributed by atoms with Crippen molar-refractivity contribution in [3.05, 3.63) is 100 Å². The van der Waals surface area contributed by atoms with Crippen LogP contribution in [0.25, 0.3) is 43.6 Å². The van der Waals surface area contributed by atoms with Crippen LogP contribution in [-0.2, 0) is 14.1 Å². The van der Waals surface area contributed by atoms with E-state index in [1.165, 1.54) is 0 Å². The van der Waals surface area contributed by atoms with Gasteiger partial charge < -0.3 is 18.6 Å². The first kappa shape index (κ1) is 34.3. The Balaban J connectivity index is 0.000000159. The number of ether oxygens (including phenoxy) is 2. The first-order valence-corrected chi connectivity index (χ1v) is 18.0. The van der Waals surface area contributed by atoms with Crippen molar-refractivity contribution in [1.82, 2.24) is 18.3 Å². The van der Waals surface area contributed by atoms with Crippen LogP contribution >= 0.6 is 0 Å². The fraction of sp³-hybridized carbons (Fsp3) is 0.415. The zero-order valence-corrected chi connectivity index (χ0v) is 30.8. The number of aromatic nitrogens is 4. The van der Waals surface area contributed by atoms with E-state index >= 15 is 0 Å². The van der Waals surface area contributed by atoms with Crippen LogP contribution in [-0.4, -0.2) is 31.5 Å².